The molecule has 0 aliphatic carbocycles. The molecule has 0 heterocycles. The zero-order chi connectivity index (χ0) is 20.0. The molecule has 1 atom stereocenters. The first kappa shape index (κ1) is 20.5. The summed E-state index contributed by atoms with van der Waals surface area (Å²) in [4.78, 5) is 24.2. The van der Waals surface area contributed by atoms with Gasteiger partial charge in [0.05, 0.1) is 12.7 Å². The Morgan fingerprint density at radius 2 is 1.63 bits per heavy atom. The number of nitrogens with one attached hydrogen (secondary N) is 2. The second kappa shape index (κ2) is 8.68. The molecular formula is C21H26N2O4. The normalized spacial score (nSPS) is 12.8. The van der Waals surface area contributed by atoms with Crippen LogP contribution in [-0.2, 0) is 16.0 Å². The number of carbonyl (C=O) groups is 2. The summed E-state index contributed by atoms with van der Waals surface area (Å²) in [6.45, 7) is 5.29. The predicted octanol–water partition coefficient (Wildman–Crippen LogP) is 2.36. The summed E-state index contributed by atoms with van der Waals surface area (Å²) in [5.74, 6) is -0.810. The summed E-state index contributed by atoms with van der Waals surface area (Å²) in [7, 11) is 1.59. The number of para-hydroxylation sites is 1. The van der Waals surface area contributed by atoms with Gasteiger partial charge in [-0.05, 0) is 49.6 Å². The van der Waals surface area contributed by atoms with E-state index in [1.807, 2.05) is 56.3 Å². The van der Waals surface area contributed by atoms with Gasteiger partial charge in [0, 0.05) is 18.7 Å². The minimum absolute atomic E-state index is 0.0436. The number of rotatable bonds is 6. The lowest BCUT2D eigenvalue weighted by atomic mass is 9.96. The number of hydrogen-bond donors (Lipinski definition) is 3. The van der Waals surface area contributed by atoms with Crippen LogP contribution >= 0.6 is 0 Å². The molecule has 2 aromatic rings. The molecule has 0 fully saturated rings. The van der Waals surface area contributed by atoms with Crippen LogP contribution in [0.25, 0.3) is 0 Å². The Hall–Kier alpha value is -2.86. The number of anilines is 1. The first-order valence-electron chi connectivity index (χ1n) is 8.72. The molecule has 0 aromatic heterocycles. The maximum atomic E-state index is 12.1. The van der Waals surface area contributed by atoms with Gasteiger partial charge in [-0.15, -0.1) is 0 Å². The second-order valence-corrected chi connectivity index (χ2v) is 6.93. The van der Waals surface area contributed by atoms with Crippen LogP contribution in [0.15, 0.2) is 42.5 Å². The molecule has 27 heavy (non-hydrogen) atoms. The van der Waals surface area contributed by atoms with Crippen molar-refractivity contribution in [2.75, 3.05) is 19.0 Å². The van der Waals surface area contributed by atoms with E-state index in [1.165, 1.54) is 0 Å². The number of hydrogen-bond acceptors (Lipinski definition) is 4. The molecule has 144 valence electrons. The van der Waals surface area contributed by atoms with Crippen LogP contribution in [0.5, 0.6) is 5.75 Å². The lowest BCUT2D eigenvalue weighted by molar-refractivity contribution is -0.136. The van der Waals surface area contributed by atoms with Crippen LogP contribution in [-0.4, -0.2) is 36.2 Å². The molecule has 0 aliphatic heterocycles. The Morgan fingerprint density at radius 3 is 2.19 bits per heavy atom. The van der Waals surface area contributed by atoms with Crippen molar-refractivity contribution < 1.29 is 19.4 Å². The lowest BCUT2D eigenvalue weighted by Crippen LogP contribution is -2.45. The number of methoxy groups -OCH3 is 1. The SMILES string of the molecule is COc1ccc(CC(C)(O)CNC(=O)C(=O)Nc2c(C)cccc2C)cc1. The van der Waals surface area contributed by atoms with Crippen LogP contribution in [0, 0.1) is 13.8 Å². The fourth-order valence-corrected chi connectivity index (χ4v) is 2.78. The van der Waals surface area contributed by atoms with Crippen LogP contribution in [0.2, 0.25) is 0 Å². The van der Waals surface area contributed by atoms with Crippen molar-refractivity contribution in [3.05, 3.63) is 59.2 Å². The molecule has 1 unspecified atom stereocenters. The highest BCUT2D eigenvalue weighted by Gasteiger charge is 2.24. The number of benzene rings is 2. The number of aryl methyl sites for hydroxylation is 2. The van der Waals surface area contributed by atoms with Gasteiger partial charge in [-0.2, -0.15) is 0 Å². The van der Waals surface area contributed by atoms with Crippen molar-refractivity contribution in [3.8, 4) is 5.75 Å². The molecule has 6 nitrogen and oxygen atoms in total. The summed E-state index contributed by atoms with van der Waals surface area (Å²) >= 11 is 0. The van der Waals surface area contributed by atoms with Gasteiger partial charge in [0.25, 0.3) is 0 Å². The highest BCUT2D eigenvalue weighted by atomic mass is 16.5. The summed E-state index contributed by atoms with van der Waals surface area (Å²) in [6, 6.07) is 12.9. The van der Waals surface area contributed by atoms with E-state index in [1.54, 1.807) is 14.0 Å². The molecule has 3 N–H and O–H groups in total. The van der Waals surface area contributed by atoms with E-state index in [0.29, 0.717) is 12.1 Å². The number of carbonyl (C=O) groups excluding carboxylic acids is 2. The minimum atomic E-state index is -1.19. The van der Waals surface area contributed by atoms with Gasteiger partial charge in [-0.1, -0.05) is 30.3 Å². The number of amides is 2. The number of aliphatic hydroxyl groups is 1. The molecule has 2 rings (SSSR count). The van der Waals surface area contributed by atoms with Crippen LogP contribution in [0.3, 0.4) is 0 Å². The predicted molar refractivity (Wildman–Crippen MR) is 105 cm³/mol. The largest absolute Gasteiger partial charge is 0.497 e. The third-order valence-electron chi connectivity index (χ3n) is 4.30. The van der Waals surface area contributed by atoms with Gasteiger partial charge in [0.1, 0.15) is 5.75 Å². The fourth-order valence-electron chi connectivity index (χ4n) is 2.78. The van der Waals surface area contributed by atoms with Crippen molar-refractivity contribution in [3.63, 3.8) is 0 Å². The summed E-state index contributed by atoms with van der Waals surface area (Å²) in [5, 5.41) is 15.7. The van der Waals surface area contributed by atoms with Gasteiger partial charge in [0.2, 0.25) is 0 Å². The monoisotopic (exact) mass is 370 g/mol. The Morgan fingerprint density at radius 1 is 1.04 bits per heavy atom. The van der Waals surface area contributed by atoms with Crippen molar-refractivity contribution in [2.45, 2.75) is 32.8 Å². The average molecular weight is 370 g/mol. The van der Waals surface area contributed by atoms with E-state index in [0.717, 1.165) is 22.4 Å². The Balaban J connectivity index is 1.91. The first-order chi connectivity index (χ1) is 12.7. The van der Waals surface area contributed by atoms with Crippen molar-refractivity contribution in [1.82, 2.24) is 5.32 Å². The molecule has 2 amide bonds. The van der Waals surface area contributed by atoms with E-state index < -0.39 is 17.4 Å². The molecular weight excluding hydrogens is 344 g/mol. The summed E-state index contributed by atoms with van der Waals surface area (Å²) < 4.78 is 5.11. The molecule has 0 radical (unpaired) electrons. The Kier molecular flexibility index (Phi) is 6.58. The molecule has 0 saturated carbocycles. The minimum Gasteiger partial charge on any atom is -0.497 e. The topological polar surface area (TPSA) is 87.7 Å². The maximum absolute atomic E-state index is 12.1. The summed E-state index contributed by atoms with van der Waals surface area (Å²) in [6.07, 6.45) is 0.329. The fraction of sp³-hybridized carbons (Fsp3) is 0.333. The standard InChI is InChI=1S/C21H26N2O4/c1-14-6-5-7-15(2)18(14)23-20(25)19(24)22-13-21(3,26)12-16-8-10-17(27-4)11-9-16/h5-11,26H,12-13H2,1-4H3,(H,22,24)(H,23,25). The van der Waals surface area contributed by atoms with Gasteiger partial charge in [-0.25, -0.2) is 0 Å². The van der Waals surface area contributed by atoms with E-state index >= 15 is 0 Å². The molecule has 0 aliphatic rings. The molecule has 0 saturated heterocycles. The van der Waals surface area contributed by atoms with Crippen molar-refractivity contribution in [1.29, 1.82) is 0 Å². The highest BCUT2D eigenvalue weighted by molar-refractivity contribution is 6.39. The molecule has 0 spiro atoms. The van der Waals surface area contributed by atoms with Crippen molar-refractivity contribution >= 4 is 17.5 Å². The quantitative estimate of drug-likeness (QED) is 0.681. The van der Waals surface area contributed by atoms with Gasteiger partial charge in [-0.3, -0.25) is 9.59 Å². The average Bonchev–Trinajstić information content (AvgIpc) is 2.63. The van der Waals surface area contributed by atoms with E-state index in [9.17, 15) is 14.7 Å². The smallest absolute Gasteiger partial charge is 0.313 e. The zero-order valence-corrected chi connectivity index (χ0v) is 16.1. The van der Waals surface area contributed by atoms with E-state index in [4.69, 9.17) is 4.74 Å². The maximum Gasteiger partial charge on any atom is 0.313 e. The Bertz CT molecular complexity index is 793. The lowest BCUT2D eigenvalue weighted by Gasteiger charge is -2.24. The zero-order valence-electron chi connectivity index (χ0n) is 16.1. The summed E-state index contributed by atoms with van der Waals surface area (Å²) in [5.41, 5.74) is 2.09. The number of ether oxygens (including phenoxy) is 1. The second-order valence-electron chi connectivity index (χ2n) is 6.93. The van der Waals surface area contributed by atoms with Gasteiger partial charge in [0.15, 0.2) is 0 Å². The third kappa shape index (κ3) is 5.82. The van der Waals surface area contributed by atoms with Crippen LogP contribution in [0.1, 0.15) is 23.6 Å². The highest BCUT2D eigenvalue weighted by Crippen LogP contribution is 2.19. The third-order valence-corrected chi connectivity index (χ3v) is 4.30. The Labute approximate surface area is 159 Å². The van der Waals surface area contributed by atoms with Crippen LogP contribution in [0.4, 0.5) is 5.69 Å². The van der Waals surface area contributed by atoms with Gasteiger partial charge >= 0.3 is 11.8 Å². The first-order valence-corrected chi connectivity index (χ1v) is 8.72. The molecule has 2 aromatic carbocycles. The van der Waals surface area contributed by atoms with Crippen molar-refractivity contribution in [2.24, 2.45) is 0 Å². The molecule has 6 heteroatoms. The van der Waals surface area contributed by atoms with E-state index in [-0.39, 0.29) is 6.54 Å². The van der Waals surface area contributed by atoms with E-state index in [2.05, 4.69) is 10.6 Å². The molecule has 0 bridgehead atoms. The van der Waals surface area contributed by atoms with Gasteiger partial charge < -0.3 is 20.5 Å². The van der Waals surface area contributed by atoms with Crippen LogP contribution < -0.4 is 15.4 Å².